The normalized spacial score (nSPS) is 10.6. The van der Waals surface area contributed by atoms with Gasteiger partial charge in [-0.25, -0.2) is 0 Å². The van der Waals surface area contributed by atoms with Crippen LogP contribution in [-0.2, 0) is 0 Å². The molecule has 5 heteroatoms. The maximum atomic E-state index is 5.42. The van der Waals surface area contributed by atoms with Crippen LogP contribution in [0.25, 0.3) is 11.2 Å². The summed E-state index contributed by atoms with van der Waals surface area (Å²) >= 11 is 0. The van der Waals surface area contributed by atoms with Gasteiger partial charge in [0.25, 0.3) is 0 Å². The highest BCUT2D eigenvalue weighted by Crippen LogP contribution is 2.15. The summed E-state index contributed by atoms with van der Waals surface area (Å²) in [7, 11) is 1.84. The number of aromatic amines is 2. The summed E-state index contributed by atoms with van der Waals surface area (Å²) < 4.78 is 0. The first-order valence-electron chi connectivity index (χ1n) is 3.31. The number of nitrogens with two attached hydrogens (primary N) is 1. The van der Waals surface area contributed by atoms with Crippen molar-refractivity contribution in [3.8, 4) is 0 Å². The van der Waals surface area contributed by atoms with Crippen LogP contribution in [0.2, 0.25) is 0 Å². The number of hydrogen-bond acceptors (Lipinski definition) is 3. The molecule has 0 unspecified atom stereocenters. The van der Waals surface area contributed by atoms with Crippen LogP contribution in [0.5, 0.6) is 0 Å². The van der Waals surface area contributed by atoms with Crippen molar-refractivity contribution < 1.29 is 0 Å². The minimum absolute atomic E-state index is 0.439. The van der Waals surface area contributed by atoms with Crippen molar-refractivity contribution in [1.29, 1.82) is 0 Å². The zero-order valence-electron chi connectivity index (χ0n) is 6.10. The largest absolute Gasteiger partial charge is 0.375 e. The molecule has 0 spiro atoms. The van der Waals surface area contributed by atoms with Gasteiger partial charge < -0.3 is 21.0 Å². The molecule has 0 amide bonds. The molecule has 0 saturated carbocycles. The highest BCUT2D eigenvalue weighted by atomic mass is 15.1. The summed E-state index contributed by atoms with van der Waals surface area (Å²) in [5.74, 6) is 1.37. The van der Waals surface area contributed by atoms with Gasteiger partial charge in [-0.2, -0.15) is 4.98 Å². The third-order valence-corrected chi connectivity index (χ3v) is 1.56. The second-order valence-electron chi connectivity index (χ2n) is 2.32. The molecular weight excluding hydrogens is 142 g/mol. The Bertz CT molecular complexity index is 340. The fourth-order valence-electron chi connectivity index (χ4n) is 1.05. The summed E-state index contributed by atoms with van der Waals surface area (Å²) in [6.07, 6.45) is 0. The lowest BCUT2D eigenvalue weighted by Gasteiger charge is -1.89. The molecule has 5 nitrogen and oxygen atoms in total. The Morgan fingerprint density at radius 3 is 3.00 bits per heavy atom. The van der Waals surface area contributed by atoms with Gasteiger partial charge in [0.15, 0.2) is 11.6 Å². The molecule has 0 aliphatic heterocycles. The predicted molar refractivity (Wildman–Crippen MR) is 44.4 cm³/mol. The third kappa shape index (κ3) is 0.813. The van der Waals surface area contributed by atoms with E-state index in [-0.39, 0.29) is 0 Å². The van der Waals surface area contributed by atoms with Crippen molar-refractivity contribution in [2.24, 2.45) is 0 Å². The molecule has 2 aromatic rings. The van der Waals surface area contributed by atoms with E-state index in [4.69, 9.17) is 5.73 Å². The Balaban J connectivity index is 2.64. The van der Waals surface area contributed by atoms with E-state index in [1.54, 1.807) is 0 Å². The number of rotatable bonds is 1. The number of nitrogens with zero attached hydrogens (tertiary/aromatic N) is 1. The molecule has 0 bridgehead atoms. The van der Waals surface area contributed by atoms with Crippen molar-refractivity contribution >= 4 is 22.9 Å². The second-order valence-corrected chi connectivity index (χ2v) is 2.32. The smallest absolute Gasteiger partial charge is 0.199 e. The van der Waals surface area contributed by atoms with E-state index >= 15 is 0 Å². The zero-order valence-corrected chi connectivity index (χ0v) is 6.10. The molecule has 2 aromatic heterocycles. The minimum atomic E-state index is 0.439. The lowest BCUT2D eigenvalue weighted by Crippen LogP contribution is -1.88. The topological polar surface area (TPSA) is 82.5 Å². The van der Waals surface area contributed by atoms with E-state index in [9.17, 15) is 0 Å². The van der Waals surface area contributed by atoms with Crippen molar-refractivity contribution in [2.75, 3.05) is 18.1 Å². The van der Waals surface area contributed by atoms with Gasteiger partial charge in [0.05, 0.1) is 5.52 Å². The standard InChI is InChI=1S/C6H9N5/c1-8-4-2-3-5(10-4)11-6(7)9-3/h2,8,10H,1H3,(H3,7,9,11). The van der Waals surface area contributed by atoms with E-state index in [2.05, 4.69) is 20.3 Å². The predicted octanol–water partition coefficient (Wildman–Crippen LogP) is 0.515. The monoisotopic (exact) mass is 151 g/mol. The van der Waals surface area contributed by atoms with E-state index in [1.165, 1.54) is 0 Å². The Kier molecular flexibility index (Phi) is 1.06. The summed E-state index contributed by atoms with van der Waals surface area (Å²) in [5, 5.41) is 2.97. The van der Waals surface area contributed by atoms with Gasteiger partial charge in [-0.05, 0) is 0 Å². The van der Waals surface area contributed by atoms with Gasteiger partial charge in [0.2, 0.25) is 0 Å². The fraction of sp³-hybridized carbons (Fsp3) is 0.167. The number of nitrogens with one attached hydrogen (secondary N) is 3. The molecule has 0 saturated heterocycles. The number of aromatic nitrogens is 3. The molecule has 58 valence electrons. The van der Waals surface area contributed by atoms with Crippen molar-refractivity contribution in [1.82, 2.24) is 15.0 Å². The quantitative estimate of drug-likeness (QED) is 0.479. The molecule has 0 fully saturated rings. The Morgan fingerprint density at radius 2 is 2.36 bits per heavy atom. The van der Waals surface area contributed by atoms with Crippen LogP contribution in [-0.4, -0.2) is 22.0 Å². The molecule has 0 aliphatic rings. The third-order valence-electron chi connectivity index (χ3n) is 1.56. The Morgan fingerprint density at radius 1 is 1.55 bits per heavy atom. The van der Waals surface area contributed by atoms with E-state index in [0.717, 1.165) is 17.0 Å². The molecule has 0 aliphatic carbocycles. The SMILES string of the molecule is CNc1cc2[nH]c(N)nc2[nH]1. The minimum Gasteiger partial charge on any atom is -0.375 e. The molecule has 5 N–H and O–H groups in total. The van der Waals surface area contributed by atoms with Crippen LogP contribution in [0, 0.1) is 0 Å². The summed E-state index contributed by atoms with van der Waals surface area (Å²) in [6, 6.07) is 1.92. The highest BCUT2D eigenvalue weighted by Gasteiger charge is 2.02. The lowest BCUT2D eigenvalue weighted by atomic mass is 10.5. The van der Waals surface area contributed by atoms with Crippen LogP contribution in [0.1, 0.15) is 0 Å². The van der Waals surface area contributed by atoms with E-state index in [0.29, 0.717) is 5.95 Å². The number of imidazole rings is 1. The first kappa shape index (κ1) is 6.09. The number of fused-ring (bicyclic) bond motifs is 1. The first-order valence-corrected chi connectivity index (χ1v) is 3.31. The lowest BCUT2D eigenvalue weighted by molar-refractivity contribution is 1.29. The number of anilines is 2. The van der Waals surface area contributed by atoms with Gasteiger partial charge in [-0.1, -0.05) is 0 Å². The number of H-pyrrole nitrogens is 2. The summed E-state index contributed by atoms with van der Waals surface area (Å²) in [5.41, 5.74) is 7.13. The van der Waals surface area contributed by atoms with Gasteiger partial charge in [-0.15, -0.1) is 0 Å². The summed E-state index contributed by atoms with van der Waals surface area (Å²) in [6.45, 7) is 0. The number of hydrogen-bond donors (Lipinski definition) is 4. The molecule has 2 heterocycles. The van der Waals surface area contributed by atoms with Crippen LogP contribution in [0.4, 0.5) is 11.8 Å². The maximum absolute atomic E-state index is 5.42. The van der Waals surface area contributed by atoms with E-state index < -0.39 is 0 Å². The number of nitrogen functional groups attached to an aromatic ring is 1. The van der Waals surface area contributed by atoms with Crippen molar-refractivity contribution in [3.63, 3.8) is 0 Å². The van der Waals surface area contributed by atoms with Crippen LogP contribution in [0.3, 0.4) is 0 Å². The average molecular weight is 151 g/mol. The molecule has 2 rings (SSSR count). The molecule has 11 heavy (non-hydrogen) atoms. The first-order chi connectivity index (χ1) is 5.29. The maximum Gasteiger partial charge on any atom is 0.199 e. The summed E-state index contributed by atoms with van der Waals surface area (Å²) in [4.78, 5) is 9.95. The Labute approximate surface area is 63.0 Å². The van der Waals surface area contributed by atoms with Gasteiger partial charge in [0.1, 0.15) is 5.82 Å². The molecule has 0 aromatic carbocycles. The van der Waals surface area contributed by atoms with Gasteiger partial charge in [-0.3, -0.25) is 0 Å². The van der Waals surface area contributed by atoms with Crippen molar-refractivity contribution in [2.45, 2.75) is 0 Å². The van der Waals surface area contributed by atoms with Crippen molar-refractivity contribution in [3.05, 3.63) is 6.07 Å². The van der Waals surface area contributed by atoms with Crippen LogP contribution < -0.4 is 11.1 Å². The molecular formula is C6H9N5. The highest BCUT2D eigenvalue weighted by molar-refractivity contribution is 5.78. The average Bonchev–Trinajstić information content (AvgIpc) is 2.43. The fourth-order valence-corrected chi connectivity index (χ4v) is 1.05. The van der Waals surface area contributed by atoms with Gasteiger partial charge >= 0.3 is 0 Å². The zero-order chi connectivity index (χ0) is 7.84. The van der Waals surface area contributed by atoms with E-state index in [1.807, 2.05) is 13.1 Å². The molecule has 0 radical (unpaired) electrons. The van der Waals surface area contributed by atoms with Crippen LogP contribution in [0.15, 0.2) is 6.07 Å². The van der Waals surface area contributed by atoms with Gasteiger partial charge in [0, 0.05) is 13.1 Å². The van der Waals surface area contributed by atoms with Crippen LogP contribution >= 0.6 is 0 Å². The second kappa shape index (κ2) is 1.91. The molecule has 0 atom stereocenters. The Hall–Kier alpha value is -1.65.